The van der Waals surface area contributed by atoms with Crippen LogP contribution in [0.15, 0.2) is 18.2 Å². The third kappa shape index (κ3) is 4.88. The molecular weight excluding hydrogens is 276 g/mol. The van der Waals surface area contributed by atoms with Gasteiger partial charge in [0.2, 0.25) is 5.91 Å². The van der Waals surface area contributed by atoms with Crippen LogP contribution in [0.1, 0.15) is 27.6 Å². The zero-order valence-corrected chi connectivity index (χ0v) is 12.2. The molecule has 0 heterocycles. The van der Waals surface area contributed by atoms with E-state index in [0.717, 1.165) is 0 Å². The van der Waals surface area contributed by atoms with Crippen LogP contribution < -0.4 is 10.6 Å². The molecule has 7 heteroatoms. The maximum atomic E-state index is 11.7. The highest BCUT2D eigenvalue weighted by atomic mass is 16.5. The van der Waals surface area contributed by atoms with Crippen molar-refractivity contribution in [2.75, 3.05) is 32.6 Å². The normalized spacial score (nSPS) is 9.86. The van der Waals surface area contributed by atoms with Crippen molar-refractivity contribution in [3.63, 3.8) is 0 Å². The Morgan fingerprint density at radius 2 is 1.52 bits per heavy atom. The van der Waals surface area contributed by atoms with Crippen molar-refractivity contribution in [2.45, 2.75) is 6.92 Å². The van der Waals surface area contributed by atoms with E-state index in [2.05, 4.69) is 20.1 Å². The molecule has 0 aliphatic heterocycles. The van der Waals surface area contributed by atoms with Gasteiger partial charge in [0.15, 0.2) is 0 Å². The summed E-state index contributed by atoms with van der Waals surface area (Å²) in [5, 5.41) is 5.47. The maximum Gasteiger partial charge on any atom is 0.337 e. The van der Waals surface area contributed by atoms with E-state index < -0.39 is 11.9 Å². The second-order valence-electron chi connectivity index (χ2n) is 4.11. The first-order chi connectivity index (χ1) is 10.0. The monoisotopic (exact) mass is 294 g/mol. The van der Waals surface area contributed by atoms with Crippen molar-refractivity contribution >= 4 is 23.5 Å². The molecule has 0 radical (unpaired) electrons. The van der Waals surface area contributed by atoms with Gasteiger partial charge in [0.1, 0.15) is 0 Å². The van der Waals surface area contributed by atoms with Gasteiger partial charge in [-0.3, -0.25) is 4.79 Å². The van der Waals surface area contributed by atoms with Gasteiger partial charge in [-0.15, -0.1) is 0 Å². The molecule has 1 amide bonds. The Morgan fingerprint density at radius 1 is 1.00 bits per heavy atom. The number of carbonyl (C=O) groups excluding carboxylic acids is 3. The van der Waals surface area contributed by atoms with Crippen molar-refractivity contribution in [1.82, 2.24) is 5.32 Å². The molecule has 0 spiro atoms. The van der Waals surface area contributed by atoms with Crippen LogP contribution in [-0.4, -0.2) is 45.2 Å². The van der Waals surface area contributed by atoms with E-state index in [1.165, 1.54) is 32.4 Å². The molecule has 0 aromatic heterocycles. The van der Waals surface area contributed by atoms with Gasteiger partial charge in [-0.25, -0.2) is 9.59 Å². The SMILES string of the molecule is CCNCC(=O)Nc1cc(C(=O)OC)cc(C(=O)OC)c1. The standard InChI is InChI=1S/C14H18N2O5/c1-4-15-8-12(17)16-11-6-9(13(18)20-2)5-10(7-11)14(19)21-3/h5-7,15H,4,8H2,1-3H3,(H,16,17). The quantitative estimate of drug-likeness (QED) is 0.754. The number of hydrogen-bond donors (Lipinski definition) is 2. The molecule has 1 aromatic rings. The number of carbonyl (C=O) groups is 3. The van der Waals surface area contributed by atoms with Gasteiger partial charge < -0.3 is 20.1 Å². The molecule has 0 saturated heterocycles. The molecule has 0 fully saturated rings. The number of ether oxygens (including phenoxy) is 2. The topological polar surface area (TPSA) is 93.7 Å². The molecule has 0 saturated carbocycles. The average Bonchev–Trinajstić information content (AvgIpc) is 2.50. The summed E-state index contributed by atoms with van der Waals surface area (Å²) in [7, 11) is 2.47. The first-order valence-electron chi connectivity index (χ1n) is 6.34. The summed E-state index contributed by atoms with van der Waals surface area (Å²) in [6.07, 6.45) is 0. The number of likely N-dealkylation sites (N-methyl/N-ethyl adjacent to an activating group) is 1. The lowest BCUT2D eigenvalue weighted by Crippen LogP contribution is -2.28. The number of methoxy groups -OCH3 is 2. The zero-order valence-electron chi connectivity index (χ0n) is 12.2. The van der Waals surface area contributed by atoms with Crippen molar-refractivity contribution in [2.24, 2.45) is 0 Å². The van der Waals surface area contributed by atoms with Crippen LogP contribution in [0.25, 0.3) is 0 Å². The molecule has 7 nitrogen and oxygen atoms in total. The van der Waals surface area contributed by atoms with Gasteiger partial charge in [0.05, 0.1) is 31.9 Å². The predicted octanol–water partition coefficient (Wildman–Crippen LogP) is 0.808. The number of amides is 1. The van der Waals surface area contributed by atoms with Crippen LogP contribution in [0.3, 0.4) is 0 Å². The smallest absolute Gasteiger partial charge is 0.337 e. The van der Waals surface area contributed by atoms with Crippen LogP contribution in [-0.2, 0) is 14.3 Å². The maximum absolute atomic E-state index is 11.7. The van der Waals surface area contributed by atoms with E-state index in [9.17, 15) is 14.4 Å². The molecule has 1 rings (SSSR count). The minimum Gasteiger partial charge on any atom is -0.465 e. The fourth-order valence-electron chi connectivity index (χ4n) is 1.61. The summed E-state index contributed by atoms with van der Waals surface area (Å²) in [6, 6.07) is 4.21. The Hall–Kier alpha value is -2.41. The summed E-state index contributed by atoms with van der Waals surface area (Å²) in [5.41, 5.74) is 0.625. The lowest BCUT2D eigenvalue weighted by molar-refractivity contribution is -0.115. The van der Waals surface area contributed by atoms with Crippen molar-refractivity contribution in [3.05, 3.63) is 29.3 Å². The van der Waals surface area contributed by atoms with Crippen LogP contribution in [0.2, 0.25) is 0 Å². The van der Waals surface area contributed by atoms with E-state index in [4.69, 9.17) is 0 Å². The van der Waals surface area contributed by atoms with Gasteiger partial charge in [-0.1, -0.05) is 6.92 Å². The minimum atomic E-state index is -0.608. The number of benzene rings is 1. The first-order valence-corrected chi connectivity index (χ1v) is 6.34. The Bertz CT molecular complexity index is 508. The molecule has 0 bridgehead atoms. The van der Waals surface area contributed by atoms with Crippen molar-refractivity contribution < 1.29 is 23.9 Å². The summed E-state index contributed by atoms with van der Waals surface area (Å²) in [6.45, 7) is 2.66. The Balaban J connectivity index is 3.04. The van der Waals surface area contributed by atoms with Crippen LogP contribution in [0.5, 0.6) is 0 Å². The number of nitrogens with one attached hydrogen (secondary N) is 2. The molecular formula is C14H18N2O5. The summed E-state index contributed by atoms with van der Waals surface area (Å²) in [4.78, 5) is 34.8. The zero-order chi connectivity index (χ0) is 15.8. The second-order valence-corrected chi connectivity index (χ2v) is 4.11. The third-order valence-corrected chi connectivity index (χ3v) is 2.59. The Morgan fingerprint density at radius 3 is 1.95 bits per heavy atom. The van der Waals surface area contributed by atoms with Crippen molar-refractivity contribution in [1.29, 1.82) is 0 Å². The molecule has 0 atom stereocenters. The molecule has 0 aliphatic rings. The fourth-order valence-corrected chi connectivity index (χ4v) is 1.61. The molecule has 2 N–H and O–H groups in total. The van der Waals surface area contributed by atoms with Crippen LogP contribution >= 0.6 is 0 Å². The van der Waals surface area contributed by atoms with Crippen LogP contribution in [0.4, 0.5) is 5.69 Å². The predicted molar refractivity (Wildman–Crippen MR) is 76.3 cm³/mol. The highest BCUT2D eigenvalue weighted by Gasteiger charge is 2.14. The van der Waals surface area contributed by atoms with E-state index in [0.29, 0.717) is 12.2 Å². The van der Waals surface area contributed by atoms with Gasteiger partial charge >= 0.3 is 11.9 Å². The third-order valence-electron chi connectivity index (χ3n) is 2.59. The Kier molecular flexibility index (Phi) is 6.35. The fraction of sp³-hybridized carbons (Fsp3) is 0.357. The Labute approximate surface area is 122 Å². The average molecular weight is 294 g/mol. The van der Waals surface area contributed by atoms with E-state index >= 15 is 0 Å². The van der Waals surface area contributed by atoms with Crippen LogP contribution in [0, 0.1) is 0 Å². The van der Waals surface area contributed by atoms with Gasteiger partial charge in [-0.2, -0.15) is 0 Å². The lowest BCUT2D eigenvalue weighted by atomic mass is 10.1. The molecule has 114 valence electrons. The summed E-state index contributed by atoms with van der Waals surface area (Å²) >= 11 is 0. The van der Waals surface area contributed by atoms with Gasteiger partial charge in [0, 0.05) is 5.69 Å². The molecule has 1 aromatic carbocycles. The highest BCUT2D eigenvalue weighted by molar-refractivity contribution is 5.99. The molecule has 21 heavy (non-hydrogen) atoms. The van der Waals surface area contributed by atoms with Crippen molar-refractivity contribution in [3.8, 4) is 0 Å². The molecule has 0 aliphatic carbocycles. The second kappa shape index (κ2) is 8.01. The van der Waals surface area contributed by atoms with E-state index in [-0.39, 0.29) is 23.6 Å². The number of rotatable bonds is 6. The number of esters is 2. The summed E-state index contributed by atoms with van der Waals surface area (Å²) < 4.78 is 9.23. The van der Waals surface area contributed by atoms with E-state index in [1.54, 1.807) is 0 Å². The number of hydrogen-bond acceptors (Lipinski definition) is 6. The first kappa shape index (κ1) is 16.6. The summed E-state index contributed by atoms with van der Waals surface area (Å²) in [5.74, 6) is -1.50. The highest BCUT2D eigenvalue weighted by Crippen LogP contribution is 2.17. The molecule has 0 unspecified atom stereocenters. The minimum absolute atomic E-state index is 0.131. The van der Waals surface area contributed by atoms with Gasteiger partial charge in [-0.05, 0) is 24.7 Å². The van der Waals surface area contributed by atoms with E-state index in [1.807, 2.05) is 6.92 Å². The number of anilines is 1. The van der Waals surface area contributed by atoms with Gasteiger partial charge in [0.25, 0.3) is 0 Å². The largest absolute Gasteiger partial charge is 0.465 e. The lowest BCUT2D eigenvalue weighted by Gasteiger charge is -2.09.